The second kappa shape index (κ2) is 16.2. The lowest BCUT2D eigenvalue weighted by atomic mass is 9.65. The van der Waals surface area contributed by atoms with E-state index in [0.717, 1.165) is 47.4 Å². The fraction of sp³-hybridized carbons (Fsp3) is 0.163. The summed E-state index contributed by atoms with van der Waals surface area (Å²) in [6, 6.07) is 40.4. The fourth-order valence-corrected chi connectivity index (χ4v) is 8.28. The van der Waals surface area contributed by atoms with E-state index in [0.29, 0.717) is 17.6 Å². The molecule has 6 aromatic rings. The highest BCUT2D eigenvalue weighted by atomic mass is 32.2. The number of halogens is 8. The molecule has 0 saturated heterocycles. The molecule has 0 bridgehead atoms. The summed E-state index contributed by atoms with van der Waals surface area (Å²) in [5, 5.41) is -6.78. The standard InChI is InChI=1S/C43H32F8O8S2/c1-28-13-24-37(27-38(28)40(44,45)41(46,47)59-42(48,49)43(50,51)61(54,55)56)60(52,53)36-25-22-35(23-26-36)58-34-20-16-32(17-21-34)39(29-9-5-3-6-10-29,30-11-7-4-8-12-30)31-14-18-33(57-2)19-15-31/h3-27H,1-2H3,(H,54,55,56). The summed E-state index contributed by atoms with van der Waals surface area (Å²) >= 11 is 0. The molecule has 0 radical (unpaired) electrons. The molecular formula is C43H32F8O8S2. The normalized spacial score (nSPS) is 13.2. The first kappa shape index (κ1) is 44.7. The van der Waals surface area contributed by atoms with Gasteiger partial charge in [-0.1, -0.05) is 91.0 Å². The summed E-state index contributed by atoms with van der Waals surface area (Å²) in [5.41, 5.74) is 0.152. The molecule has 0 aliphatic carbocycles. The maximum absolute atomic E-state index is 15.1. The van der Waals surface area contributed by atoms with Gasteiger partial charge in [0.15, 0.2) is 0 Å². The highest BCUT2D eigenvalue weighted by Crippen LogP contribution is 2.51. The summed E-state index contributed by atoms with van der Waals surface area (Å²) in [6.07, 6.45) is -13.5. The van der Waals surface area contributed by atoms with E-state index in [9.17, 15) is 43.2 Å². The van der Waals surface area contributed by atoms with Gasteiger partial charge in [0.05, 0.1) is 22.3 Å². The summed E-state index contributed by atoms with van der Waals surface area (Å²) in [5.74, 6) is -4.85. The van der Waals surface area contributed by atoms with Crippen molar-refractivity contribution >= 4 is 20.0 Å². The number of aryl methyl sites for hydroxylation is 1. The third kappa shape index (κ3) is 8.19. The van der Waals surface area contributed by atoms with E-state index in [2.05, 4.69) is 4.74 Å². The highest BCUT2D eigenvalue weighted by Gasteiger charge is 2.74. The van der Waals surface area contributed by atoms with Crippen LogP contribution in [0.5, 0.6) is 17.2 Å². The SMILES string of the molecule is COc1ccc(C(c2ccccc2)(c2ccccc2)c2ccc(Oc3ccc(S(=O)(=O)c4ccc(C)c(C(F)(F)C(F)(F)OC(F)(F)C(F)(F)S(=O)(=O)O)c4)cc3)cc2)cc1. The van der Waals surface area contributed by atoms with Crippen LogP contribution in [0, 0.1) is 6.92 Å². The Bertz CT molecular complexity index is 2680. The number of rotatable bonds is 15. The molecule has 18 heteroatoms. The van der Waals surface area contributed by atoms with Crippen molar-refractivity contribution < 1.29 is 70.7 Å². The Morgan fingerprint density at radius 1 is 0.508 bits per heavy atom. The van der Waals surface area contributed by atoms with Crippen molar-refractivity contribution in [3.8, 4) is 17.2 Å². The molecule has 0 saturated carbocycles. The molecule has 1 N–H and O–H groups in total. The zero-order valence-electron chi connectivity index (χ0n) is 31.6. The number of alkyl halides is 8. The Balaban J connectivity index is 1.28. The molecule has 8 nitrogen and oxygen atoms in total. The lowest BCUT2D eigenvalue weighted by Gasteiger charge is -2.37. The van der Waals surface area contributed by atoms with Crippen LogP contribution in [0.25, 0.3) is 0 Å². The average molecular weight is 893 g/mol. The van der Waals surface area contributed by atoms with E-state index < -0.39 is 69.7 Å². The first-order valence-electron chi connectivity index (χ1n) is 17.7. The Kier molecular flexibility index (Phi) is 11.9. The van der Waals surface area contributed by atoms with Crippen LogP contribution in [-0.4, -0.2) is 46.0 Å². The highest BCUT2D eigenvalue weighted by molar-refractivity contribution is 7.91. The van der Waals surface area contributed by atoms with Gasteiger partial charge in [-0.05, 0) is 95.4 Å². The van der Waals surface area contributed by atoms with Gasteiger partial charge in [0.2, 0.25) is 9.84 Å². The summed E-state index contributed by atoms with van der Waals surface area (Å²) in [4.78, 5) is -1.59. The Hall–Kier alpha value is -5.82. The first-order valence-corrected chi connectivity index (χ1v) is 20.6. The van der Waals surface area contributed by atoms with E-state index >= 15 is 8.78 Å². The molecule has 0 aromatic heterocycles. The van der Waals surface area contributed by atoms with Crippen LogP contribution in [-0.2, 0) is 36.0 Å². The van der Waals surface area contributed by atoms with Gasteiger partial charge < -0.3 is 9.47 Å². The Morgan fingerprint density at radius 2 is 0.918 bits per heavy atom. The maximum Gasteiger partial charge on any atom is 0.460 e. The van der Waals surface area contributed by atoms with Gasteiger partial charge in [0.1, 0.15) is 17.2 Å². The van der Waals surface area contributed by atoms with Crippen LogP contribution in [0.2, 0.25) is 0 Å². The third-order valence-corrected chi connectivity index (χ3v) is 12.4. The number of methoxy groups -OCH3 is 1. The molecule has 6 rings (SSSR count). The predicted molar refractivity (Wildman–Crippen MR) is 206 cm³/mol. The second-order valence-electron chi connectivity index (χ2n) is 13.5. The molecule has 0 unspecified atom stereocenters. The molecule has 0 amide bonds. The first-order chi connectivity index (χ1) is 28.5. The minimum absolute atomic E-state index is 0.00380. The van der Waals surface area contributed by atoms with E-state index in [-0.39, 0.29) is 11.8 Å². The molecule has 0 atom stereocenters. The largest absolute Gasteiger partial charge is 0.497 e. The summed E-state index contributed by atoms with van der Waals surface area (Å²) < 4.78 is 185. The fourth-order valence-electron chi connectivity index (χ4n) is 6.65. The van der Waals surface area contributed by atoms with E-state index in [1.165, 1.54) is 12.1 Å². The van der Waals surface area contributed by atoms with Gasteiger partial charge in [-0.25, -0.2) is 13.2 Å². The van der Waals surface area contributed by atoms with Crippen molar-refractivity contribution in [3.05, 3.63) is 185 Å². The minimum atomic E-state index is -7.14. The lowest BCUT2D eigenvalue weighted by molar-refractivity contribution is -0.459. The predicted octanol–water partition coefficient (Wildman–Crippen LogP) is 10.8. The molecule has 0 heterocycles. The molecule has 320 valence electrons. The monoisotopic (exact) mass is 892 g/mol. The average Bonchev–Trinajstić information content (AvgIpc) is 3.22. The van der Waals surface area contributed by atoms with Crippen LogP contribution in [0.1, 0.15) is 33.4 Å². The lowest BCUT2D eigenvalue weighted by Crippen LogP contribution is -2.55. The summed E-state index contributed by atoms with van der Waals surface area (Å²) in [7, 11) is -10.4. The molecule has 0 aliphatic rings. The quantitative estimate of drug-likeness (QED) is 0.0616. The molecule has 0 fully saturated rings. The molecule has 0 spiro atoms. The number of sulfone groups is 1. The Morgan fingerprint density at radius 3 is 1.36 bits per heavy atom. The number of hydrogen-bond acceptors (Lipinski definition) is 7. The zero-order chi connectivity index (χ0) is 44.6. The molecule has 0 aliphatic heterocycles. The van der Waals surface area contributed by atoms with E-state index in [4.69, 9.17) is 14.0 Å². The van der Waals surface area contributed by atoms with E-state index in [1.54, 1.807) is 19.2 Å². The van der Waals surface area contributed by atoms with Gasteiger partial charge in [-0.15, -0.1) is 0 Å². The van der Waals surface area contributed by atoms with Crippen molar-refractivity contribution in [1.82, 2.24) is 0 Å². The van der Waals surface area contributed by atoms with E-state index in [1.807, 2.05) is 97.1 Å². The zero-order valence-corrected chi connectivity index (χ0v) is 33.2. The van der Waals surface area contributed by atoms with Crippen LogP contribution < -0.4 is 9.47 Å². The van der Waals surface area contributed by atoms with Gasteiger partial charge >= 0.3 is 33.5 Å². The van der Waals surface area contributed by atoms with Crippen molar-refractivity contribution in [2.75, 3.05) is 7.11 Å². The number of hydrogen-bond donors (Lipinski definition) is 1. The van der Waals surface area contributed by atoms with Crippen molar-refractivity contribution in [1.29, 1.82) is 0 Å². The minimum Gasteiger partial charge on any atom is -0.497 e. The van der Waals surface area contributed by atoms with Crippen molar-refractivity contribution in [2.24, 2.45) is 0 Å². The van der Waals surface area contributed by atoms with Crippen LogP contribution in [0.4, 0.5) is 35.1 Å². The van der Waals surface area contributed by atoms with Crippen LogP contribution in [0.3, 0.4) is 0 Å². The molecule has 6 aromatic carbocycles. The number of benzene rings is 6. The Labute approximate surface area is 344 Å². The van der Waals surface area contributed by atoms with Gasteiger partial charge in [0, 0.05) is 5.56 Å². The number of ether oxygens (including phenoxy) is 3. The van der Waals surface area contributed by atoms with Crippen molar-refractivity contribution in [3.63, 3.8) is 0 Å². The van der Waals surface area contributed by atoms with Crippen LogP contribution >= 0.6 is 0 Å². The molecule has 61 heavy (non-hydrogen) atoms. The second-order valence-corrected chi connectivity index (χ2v) is 16.9. The van der Waals surface area contributed by atoms with Gasteiger partial charge in [-0.3, -0.25) is 4.55 Å². The molecular weight excluding hydrogens is 861 g/mol. The van der Waals surface area contributed by atoms with Crippen LogP contribution in [0.15, 0.2) is 161 Å². The maximum atomic E-state index is 15.1. The van der Waals surface area contributed by atoms with Gasteiger partial charge in [0.25, 0.3) is 0 Å². The smallest absolute Gasteiger partial charge is 0.460 e. The third-order valence-electron chi connectivity index (χ3n) is 9.74. The van der Waals surface area contributed by atoms with Crippen molar-refractivity contribution in [2.45, 2.75) is 45.5 Å². The summed E-state index contributed by atoms with van der Waals surface area (Å²) in [6.45, 7) is 0.752. The van der Waals surface area contributed by atoms with Gasteiger partial charge in [-0.2, -0.15) is 43.5 Å². The topological polar surface area (TPSA) is 116 Å².